The fraction of sp³-hybridized carbons (Fsp3) is 0.821. The number of unbranched alkanes of at least 4 members (excludes halogenated alkanes) is 3. The molecule has 0 aromatic rings. The fourth-order valence-corrected chi connectivity index (χ4v) is 3.96. The monoisotopic (exact) mass is 601 g/mol. The molecule has 0 unspecified atom stereocenters. The standard InChI is InChI=1S/C28H55N7O7/c1-27(2,3)41-25(39)34-20(14-8-11-17-30)24(38)35(26(40)42-28(4,5)6)21(15-9-12-18-31)23(37)33-19(22(32)36)13-7-10-16-29/h19-21H,7-18,29-31H2,1-6H3,(H2,32,36)(H,33,37)(H,34,39)/t19-,20-,21-/m0/s1. The third-order valence-corrected chi connectivity index (χ3v) is 5.92. The Morgan fingerprint density at radius 3 is 1.55 bits per heavy atom. The zero-order chi connectivity index (χ0) is 32.5. The van der Waals surface area contributed by atoms with Crippen LogP contribution in [-0.4, -0.2) is 83.8 Å². The van der Waals surface area contributed by atoms with Crippen molar-refractivity contribution in [1.82, 2.24) is 15.5 Å². The Kier molecular flexibility index (Phi) is 17.9. The van der Waals surface area contributed by atoms with Crippen molar-refractivity contribution < 1.29 is 33.4 Å². The van der Waals surface area contributed by atoms with E-state index in [4.69, 9.17) is 32.4 Å². The number of nitrogens with one attached hydrogen (secondary N) is 2. The summed E-state index contributed by atoms with van der Waals surface area (Å²) in [7, 11) is 0. The van der Waals surface area contributed by atoms with Gasteiger partial charge in [-0.05, 0) is 119 Å². The van der Waals surface area contributed by atoms with Gasteiger partial charge in [-0.1, -0.05) is 0 Å². The lowest BCUT2D eigenvalue weighted by molar-refractivity contribution is -0.142. The Morgan fingerprint density at radius 2 is 1.12 bits per heavy atom. The van der Waals surface area contributed by atoms with Crippen molar-refractivity contribution >= 4 is 29.9 Å². The highest BCUT2D eigenvalue weighted by molar-refractivity contribution is 6.01. The Morgan fingerprint density at radius 1 is 0.667 bits per heavy atom. The van der Waals surface area contributed by atoms with E-state index in [9.17, 15) is 24.0 Å². The maximum atomic E-state index is 14.1. The molecule has 42 heavy (non-hydrogen) atoms. The number of nitrogens with two attached hydrogens (primary N) is 4. The van der Waals surface area contributed by atoms with E-state index in [-0.39, 0.29) is 19.3 Å². The lowest BCUT2D eigenvalue weighted by Gasteiger charge is -2.34. The number of ether oxygens (including phenoxy) is 2. The van der Waals surface area contributed by atoms with Crippen molar-refractivity contribution in [1.29, 1.82) is 0 Å². The molecule has 14 heteroatoms. The van der Waals surface area contributed by atoms with Crippen LogP contribution in [0.15, 0.2) is 0 Å². The zero-order valence-corrected chi connectivity index (χ0v) is 26.3. The number of rotatable bonds is 18. The lowest BCUT2D eigenvalue weighted by atomic mass is 10.0. The predicted molar refractivity (Wildman–Crippen MR) is 160 cm³/mol. The van der Waals surface area contributed by atoms with Gasteiger partial charge in [0.2, 0.25) is 11.8 Å². The Balaban J connectivity index is 6.60. The van der Waals surface area contributed by atoms with E-state index in [0.29, 0.717) is 58.2 Å². The summed E-state index contributed by atoms with van der Waals surface area (Å²) in [5, 5.41) is 5.15. The van der Waals surface area contributed by atoms with Gasteiger partial charge in [-0.15, -0.1) is 0 Å². The molecule has 0 aromatic heterocycles. The lowest BCUT2D eigenvalue weighted by Crippen LogP contribution is -2.60. The molecule has 0 aliphatic heterocycles. The largest absolute Gasteiger partial charge is 0.444 e. The molecule has 0 fully saturated rings. The molecule has 0 spiro atoms. The van der Waals surface area contributed by atoms with Gasteiger partial charge in [0.1, 0.15) is 29.3 Å². The average molecular weight is 602 g/mol. The third kappa shape index (κ3) is 16.5. The summed E-state index contributed by atoms with van der Waals surface area (Å²) < 4.78 is 10.9. The molecule has 10 N–H and O–H groups in total. The van der Waals surface area contributed by atoms with Crippen LogP contribution in [0.1, 0.15) is 99.3 Å². The molecule has 0 aliphatic rings. The van der Waals surface area contributed by atoms with Gasteiger partial charge in [0, 0.05) is 0 Å². The molecule has 0 aliphatic carbocycles. The summed E-state index contributed by atoms with van der Waals surface area (Å²) in [5.41, 5.74) is 20.5. The molecule has 0 aromatic carbocycles. The number of hydrogen-bond acceptors (Lipinski definition) is 10. The van der Waals surface area contributed by atoms with E-state index >= 15 is 0 Å². The number of primary amides is 1. The Hall–Kier alpha value is -2.97. The van der Waals surface area contributed by atoms with Gasteiger partial charge in [-0.2, -0.15) is 0 Å². The van der Waals surface area contributed by atoms with E-state index in [2.05, 4.69) is 10.6 Å². The van der Waals surface area contributed by atoms with Crippen molar-refractivity contribution in [2.75, 3.05) is 19.6 Å². The first-order chi connectivity index (χ1) is 19.5. The fourth-order valence-electron chi connectivity index (χ4n) is 3.96. The number of nitrogens with zero attached hydrogens (tertiary/aromatic N) is 1. The van der Waals surface area contributed by atoms with Crippen LogP contribution < -0.4 is 33.6 Å². The molecular formula is C28H55N7O7. The van der Waals surface area contributed by atoms with Crippen LogP contribution in [0.25, 0.3) is 0 Å². The number of hydrogen-bond donors (Lipinski definition) is 6. The minimum absolute atomic E-state index is 0.0320. The maximum Gasteiger partial charge on any atom is 0.417 e. The quantitative estimate of drug-likeness (QED) is 0.123. The highest BCUT2D eigenvalue weighted by Gasteiger charge is 2.41. The first kappa shape index (κ1) is 39.0. The van der Waals surface area contributed by atoms with Crippen molar-refractivity contribution in [3.8, 4) is 0 Å². The van der Waals surface area contributed by atoms with Gasteiger partial charge in [0.05, 0.1) is 0 Å². The van der Waals surface area contributed by atoms with Gasteiger partial charge in [0.25, 0.3) is 5.91 Å². The van der Waals surface area contributed by atoms with E-state index in [1.54, 1.807) is 41.5 Å². The van der Waals surface area contributed by atoms with Gasteiger partial charge < -0.3 is 43.0 Å². The summed E-state index contributed by atoms with van der Waals surface area (Å²) in [6.07, 6.45) is 1.47. The minimum Gasteiger partial charge on any atom is -0.444 e. The molecule has 0 radical (unpaired) electrons. The number of amides is 5. The SMILES string of the molecule is CC(C)(C)OC(=O)N[C@@H](CCCCN)C(=O)N(C(=O)OC(C)(C)C)[C@@H](CCCCN)C(=O)N[C@@H](CCCCN)C(N)=O. The predicted octanol–water partition coefficient (Wildman–Crippen LogP) is 1.37. The van der Waals surface area contributed by atoms with Crippen LogP contribution in [0.5, 0.6) is 0 Å². The van der Waals surface area contributed by atoms with E-state index in [0.717, 1.165) is 4.90 Å². The number of imide groups is 1. The Bertz CT molecular complexity index is 872. The minimum atomic E-state index is -1.38. The summed E-state index contributed by atoms with van der Waals surface area (Å²) in [4.78, 5) is 66.9. The summed E-state index contributed by atoms with van der Waals surface area (Å²) in [6.45, 7) is 11.0. The zero-order valence-electron chi connectivity index (χ0n) is 26.3. The number of alkyl carbamates (subject to hydrolysis) is 1. The van der Waals surface area contributed by atoms with Crippen LogP contribution >= 0.6 is 0 Å². The van der Waals surface area contributed by atoms with Crippen molar-refractivity contribution in [2.45, 2.75) is 129 Å². The van der Waals surface area contributed by atoms with Gasteiger partial charge >= 0.3 is 12.2 Å². The van der Waals surface area contributed by atoms with Crippen molar-refractivity contribution in [3.05, 3.63) is 0 Å². The van der Waals surface area contributed by atoms with Crippen LogP contribution in [0.4, 0.5) is 9.59 Å². The third-order valence-electron chi connectivity index (χ3n) is 5.92. The molecular weight excluding hydrogens is 546 g/mol. The van der Waals surface area contributed by atoms with E-state index < -0.39 is 59.2 Å². The molecule has 0 heterocycles. The first-order valence-corrected chi connectivity index (χ1v) is 14.7. The second kappa shape index (κ2) is 19.3. The van der Waals surface area contributed by atoms with Gasteiger partial charge in [-0.25, -0.2) is 14.5 Å². The number of carbonyl (C=O) groups is 5. The van der Waals surface area contributed by atoms with Crippen molar-refractivity contribution in [2.24, 2.45) is 22.9 Å². The normalized spacial score (nSPS) is 13.8. The molecule has 244 valence electrons. The average Bonchev–Trinajstić information content (AvgIpc) is 2.84. The Labute approximate surface area is 250 Å². The molecule has 14 nitrogen and oxygen atoms in total. The second-order valence-corrected chi connectivity index (χ2v) is 12.2. The summed E-state index contributed by atoms with van der Waals surface area (Å²) in [5.74, 6) is -2.39. The molecule has 3 atom stereocenters. The molecule has 0 rings (SSSR count). The van der Waals surface area contributed by atoms with Gasteiger partial charge in [-0.3, -0.25) is 14.4 Å². The molecule has 0 saturated carbocycles. The summed E-state index contributed by atoms with van der Waals surface area (Å²) >= 11 is 0. The highest BCUT2D eigenvalue weighted by Crippen LogP contribution is 2.20. The first-order valence-electron chi connectivity index (χ1n) is 14.7. The van der Waals surface area contributed by atoms with Gasteiger partial charge in [0.15, 0.2) is 0 Å². The smallest absolute Gasteiger partial charge is 0.417 e. The van der Waals surface area contributed by atoms with Crippen LogP contribution in [0, 0.1) is 0 Å². The molecule has 5 amide bonds. The highest BCUT2D eigenvalue weighted by atomic mass is 16.6. The second-order valence-electron chi connectivity index (χ2n) is 12.2. The topological polar surface area (TPSA) is 235 Å². The summed E-state index contributed by atoms with van der Waals surface area (Å²) in [6, 6.07) is -3.66. The maximum absolute atomic E-state index is 14.1. The van der Waals surface area contributed by atoms with Crippen LogP contribution in [0.3, 0.4) is 0 Å². The van der Waals surface area contributed by atoms with Crippen LogP contribution in [-0.2, 0) is 23.9 Å². The van der Waals surface area contributed by atoms with Crippen molar-refractivity contribution in [3.63, 3.8) is 0 Å². The van der Waals surface area contributed by atoms with E-state index in [1.165, 1.54) is 0 Å². The van der Waals surface area contributed by atoms with Crippen LogP contribution in [0.2, 0.25) is 0 Å². The molecule has 0 saturated heterocycles. The molecule has 0 bridgehead atoms. The number of carbonyl (C=O) groups excluding carboxylic acids is 5. The van der Waals surface area contributed by atoms with E-state index in [1.807, 2.05) is 0 Å².